The second-order valence-corrected chi connectivity index (χ2v) is 8.43. The van der Waals surface area contributed by atoms with Crippen molar-refractivity contribution in [3.63, 3.8) is 0 Å². The van der Waals surface area contributed by atoms with Crippen LogP contribution in [0.3, 0.4) is 0 Å². The molecule has 0 aliphatic heterocycles. The fourth-order valence-electron chi connectivity index (χ4n) is 2.77. The van der Waals surface area contributed by atoms with Gasteiger partial charge in [0.1, 0.15) is 5.82 Å². The summed E-state index contributed by atoms with van der Waals surface area (Å²) in [5, 5.41) is 8.68. The van der Waals surface area contributed by atoms with Crippen LogP contribution in [0.15, 0.2) is 46.0 Å². The average molecular weight is 370 g/mol. The number of aryl methyl sites for hydroxylation is 2. The molecule has 2 aromatic carbocycles. The van der Waals surface area contributed by atoms with Crippen LogP contribution >= 0.6 is 11.8 Å². The summed E-state index contributed by atoms with van der Waals surface area (Å²) in [6, 6.07) is 10.6. The van der Waals surface area contributed by atoms with E-state index in [9.17, 15) is 4.39 Å². The Morgan fingerprint density at radius 3 is 2.19 bits per heavy atom. The molecule has 0 bridgehead atoms. The third kappa shape index (κ3) is 4.15. The van der Waals surface area contributed by atoms with Crippen LogP contribution in [0.2, 0.25) is 0 Å². The molecule has 136 valence electrons. The minimum absolute atomic E-state index is 0.137. The lowest BCUT2D eigenvalue weighted by molar-refractivity contribution is 0.465. The maximum absolute atomic E-state index is 13.0. The molecular weight excluding hydrogens is 347 g/mol. The van der Waals surface area contributed by atoms with E-state index in [1.807, 2.05) is 0 Å². The van der Waals surface area contributed by atoms with Gasteiger partial charge in [-0.15, -0.1) is 10.2 Å². The maximum atomic E-state index is 13.0. The van der Waals surface area contributed by atoms with Crippen molar-refractivity contribution in [2.75, 3.05) is 0 Å². The number of benzene rings is 2. The first-order chi connectivity index (χ1) is 12.2. The van der Waals surface area contributed by atoms with Gasteiger partial charge in [0.15, 0.2) is 0 Å². The molecule has 3 aromatic rings. The van der Waals surface area contributed by atoms with E-state index in [-0.39, 0.29) is 11.2 Å². The Bertz CT molecular complexity index is 888. The van der Waals surface area contributed by atoms with Crippen molar-refractivity contribution >= 4 is 11.8 Å². The summed E-state index contributed by atoms with van der Waals surface area (Å²) < 4.78 is 18.7. The van der Waals surface area contributed by atoms with Gasteiger partial charge in [-0.05, 0) is 65.8 Å². The van der Waals surface area contributed by atoms with Crippen molar-refractivity contribution < 1.29 is 8.81 Å². The average Bonchev–Trinajstić information content (AvgIpc) is 3.02. The Hall–Kier alpha value is -2.14. The van der Waals surface area contributed by atoms with Crippen molar-refractivity contribution in [3.8, 4) is 11.5 Å². The summed E-state index contributed by atoms with van der Waals surface area (Å²) in [6.07, 6.45) is 0. The standard InChI is InChI=1S/C21H23FN2OS/c1-13-10-16(21(3,4)5)11-14(2)18(13)12-26-20-24-23-19(25-20)15-6-8-17(22)9-7-15/h6-11H,12H2,1-5H3. The molecule has 0 amide bonds. The summed E-state index contributed by atoms with van der Waals surface area (Å²) in [4.78, 5) is 0. The van der Waals surface area contributed by atoms with Gasteiger partial charge in [0.25, 0.3) is 5.22 Å². The molecule has 0 radical (unpaired) electrons. The third-order valence-electron chi connectivity index (χ3n) is 4.40. The van der Waals surface area contributed by atoms with Gasteiger partial charge in [0.05, 0.1) is 0 Å². The molecule has 1 aromatic heterocycles. The Balaban J connectivity index is 1.75. The van der Waals surface area contributed by atoms with Gasteiger partial charge in [-0.3, -0.25) is 0 Å². The van der Waals surface area contributed by atoms with E-state index in [1.165, 1.54) is 46.1 Å². The largest absolute Gasteiger partial charge is 0.411 e. The SMILES string of the molecule is Cc1cc(C(C)(C)C)cc(C)c1CSc1nnc(-c2ccc(F)cc2)o1. The normalized spacial score (nSPS) is 11.8. The van der Waals surface area contributed by atoms with Crippen molar-refractivity contribution in [1.29, 1.82) is 0 Å². The molecule has 3 nitrogen and oxygen atoms in total. The molecule has 0 saturated heterocycles. The van der Waals surface area contributed by atoms with Crippen LogP contribution in [-0.2, 0) is 11.2 Å². The Kier molecular flexibility index (Phi) is 5.19. The van der Waals surface area contributed by atoms with E-state index in [0.717, 1.165) is 5.75 Å². The quantitative estimate of drug-likeness (QED) is 0.522. The predicted molar refractivity (Wildman–Crippen MR) is 104 cm³/mol. The second-order valence-electron chi connectivity index (χ2n) is 7.51. The fraction of sp³-hybridized carbons (Fsp3) is 0.333. The van der Waals surface area contributed by atoms with Gasteiger partial charge < -0.3 is 4.42 Å². The number of aromatic nitrogens is 2. The van der Waals surface area contributed by atoms with Crippen molar-refractivity contribution in [1.82, 2.24) is 10.2 Å². The summed E-state index contributed by atoms with van der Waals surface area (Å²) in [6.45, 7) is 11.0. The molecule has 26 heavy (non-hydrogen) atoms. The predicted octanol–water partition coefficient (Wildman–Crippen LogP) is 6.08. The summed E-state index contributed by atoms with van der Waals surface area (Å²) in [5.74, 6) is 0.893. The topological polar surface area (TPSA) is 38.9 Å². The molecule has 0 aliphatic carbocycles. The molecule has 0 atom stereocenters. The highest BCUT2D eigenvalue weighted by molar-refractivity contribution is 7.98. The lowest BCUT2D eigenvalue weighted by Crippen LogP contribution is -2.12. The highest BCUT2D eigenvalue weighted by Gasteiger charge is 2.17. The summed E-state index contributed by atoms with van der Waals surface area (Å²) in [7, 11) is 0. The highest BCUT2D eigenvalue weighted by Crippen LogP contribution is 2.31. The zero-order valence-electron chi connectivity index (χ0n) is 15.8. The van der Waals surface area contributed by atoms with Crippen LogP contribution in [0.4, 0.5) is 4.39 Å². The van der Waals surface area contributed by atoms with Gasteiger partial charge in [0, 0.05) is 11.3 Å². The molecule has 3 rings (SSSR count). The third-order valence-corrected chi connectivity index (χ3v) is 5.24. The first-order valence-electron chi connectivity index (χ1n) is 8.57. The van der Waals surface area contributed by atoms with E-state index >= 15 is 0 Å². The van der Waals surface area contributed by atoms with E-state index in [4.69, 9.17) is 4.42 Å². The number of hydrogen-bond donors (Lipinski definition) is 0. The first kappa shape index (κ1) is 18.6. The molecule has 0 unspecified atom stereocenters. The molecule has 0 saturated carbocycles. The Labute approximate surface area is 158 Å². The van der Waals surface area contributed by atoms with Gasteiger partial charge in [0.2, 0.25) is 5.89 Å². The Morgan fingerprint density at radius 2 is 1.62 bits per heavy atom. The van der Waals surface area contributed by atoms with Crippen molar-refractivity contribution in [2.45, 2.75) is 51.0 Å². The van der Waals surface area contributed by atoms with E-state index in [2.05, 4.69) is 56.9 Å². The zero-order valence-corrected chi connectivity index (χ0v) is 16.6. The monoisotopic (exact) mass is 370 g/mol. The molecule has 0 aliphatic rings. The first-order valence-corrected chi connectivity index (χ1v) is 9.55. The van der Waals surface area contributed by atoms with Gasteiger partial charge in [-0.2, -0.15) is 0 Å². The summed E-state index contributed by atoms with van der Waals surface area (Å²) >= 11 is 1.52. The maximum Gasteiger partial charge on any atom is 0.277 e. The molecule has 5 heteroatoms. The van der Waals surface area contributed by atoms with Crippen molar-refractivity contribution in [2.24, 2.45) is 0 Å². The van der Waals surface area contributed by atoms with Gasteiger partial charge in [-0.25, -0.2) is 4.39 Å². The molecule has 0 spiro atoms. The van der Waals surface area contributed by atoms with Crippen LogP contribution in [0.1, 0.15) is 43.0 Å². The molecule has 0 N–H and O–H groups in total. The number of halogens is 1. The Morgan fingerprint density at radius 1 is 1.00 bits per heavy atom. The number of hydrogen-bond acceptors (Lipinski definition) is 4. The molecule has 0 fully saturated rings. The van der Waals surface area contributed by atoms with E-state index in [1.54, 1.807) is 12.1 Å². The minimum Gasteiger partial charge on any atom is -0.411 e. The van der Waals surface area contributed by atoms with Gasteiger partial charge in [-0.1, -0.05) is 44.7 Å². The zero-order chi connectivity index (χ0) is 18.9. The van der Waals surface area contributed by atoms with Crippen LogP contribution in [0.25, 0.3) is 11.5 Å². The van der Waals surface area contributed by atoms with Crippen LogP contribution < -0.4 is 0 Å². The smallest absolute Gasteiger partial charge is 0.277 e. The number of rotatable bonds is 4. The molecule has 1 heterocycles. The fourth-order valence-corrected chi connectivity index (χ4v) is 3.72. The molecular formula is C21H23FN2OS. The van der Waals surface area contributed by atoms with Gasteiger partial charge >= 0.3 is 0 Å². The van der Waals surface area contributed by atoms with Crippen LogP contribution in [0.5, 0.6) is 0 Å². The number of nitrogens with zero attached hydrogens (tertiary/aromatic N) is 2. The van der Waals surface area contributed by atoms with Crippen LogP contribution in [0, 0.1) is 19.7 Å². The second kappa shape index (κ2) is 7.23. The van der Waals surface area contributed by atoms with Crippen molar-refractivity contribution in [3.05, 3.63) is 64.5 Å². The highest BCUT2D eigenvalue weighted by atomic mass is 32.2. The lowest BCUT2D eigenvalue weighted by Gasteiger charge is -2.22. The summed E-state index contributed by atoms with van der Waals surface area (Å²) in [5.41, 5.74) is 6.05. The van der Waals surface area contributed by atoms with E-state index < -0.39 is 0 Å². The lowest BCUT2D eigenvalue weighted by atomic mass is 9.84. The van der Waals surface area contributed by atoms with E-state index in [0.29, 0.717) is 16.7 Å². The minimum atomic E-state index is -0.285. The number of thioether (sulfide) groups is 1. The van der Waals surface area contributed by atoms with Crippen LogP contribution in [-0.4, -0.2) is 10.2 Å².